The zero-order valence-corrected chi connectivity index (χ0v) is 15.1. The maximum absolute atomic E-state index is 11.5. The lowest BCUT2D eigenvalue weighted by atomic mass is 9.85. The number of benzene rings is 1. The van der Waals surface area contributed by atoms with Crippen LogP contribution in [-0.2, 0) is 4.79 Å². The zero-order valence-electron chi connectivity index (χ0n) is 14.3. The van der Waals surface area contributed by atoms with Crippen LogP contribution in [-0.4, -0.2) is 36.5 Å². The molecule has 0 bridgehead atoms. The van der Waals surface area contributed by atoms with E-state index >= 15 is 0 Å². The van der Waals surface area contributed by atoms with Crippen molar-refractivity contribution in [1.82, 2.24) is 10.2 Å². The average Bonchev–Trinajstić information content (AvgIpc) is 2.98. The molecule has 4 heteroatoms. The van der Waals surface area contributed by atoms with Crippen LogP contribution in [0.4, 0.5) is 0 Å². The van der Waals surface area contributed by atoms with Gasteiger partial charge in [0.25, 0.3) is 0 Å². The molecule has 23 heavy (non-hydrogen) atoms. The third-order valence-corrected chi connectivity index (χ3v) is 4.96. The smallest absolute Gasteiger partial charge is 0.219 e. The van der Waals surface area contributed by atoms with E-state index in [4.69, 9.17) is 11.6 Å². The normalized spacial score (nSPS) is 19.2. The molecular weight excluding hydrogens is 308 g/mol. The summed E-state index contributed by atoms with van der Waals surface area (Å²) in [4.78, 5) is 13.4. The Balaban J connectivity index is 2.02. The van der Waals surface area contributed by atoms with Crippen molar-refractivity contribution < 1.29 is 4.79 Å². The minimum Gasteiger partial charge on any atom is -0.341 e. The van der Waals surface area contributed by atoms with Crippen molar-refractivity contribution >= 4 is 17.5 Å². The first-order valence-corrected chi connectivity index (χ1v) is 8.69. The van der Waals surface area contributed by atoms with E-state index in [2.05, 4.69) is 37.9 Å². The van der Waals surface area contributed by atoms with Gasteiger partial charge >= 0.3 is 0 Å². The van der Waals surface area contributed by atoms with Gasteiger partial charge in [0.05, 0.1) is 0 Å². The second kappa shape index (κ2) is 7.98. The van der Waals surface area contributed by atoms with E-state index in [0.717, 1.165) is 31.1 Å². The summed E-state index contributed by atoms with van der Waals surface area (Å²) in [5.41, 5.74) is 2.46. The molecule has 1 saturated heterocycles. The molecule has 1 aliphatic heterocycles. The van der Waals surface area contributed by atoms with Crippen LogP contribution in [0.15, 0.2) is 36.4 Å². The Morgan fingerprint density at radius 1 is 1.39 bits per heavy atom. The minimum absolute atomic E-state index is 0.162. The largest absolute Gasteiger partial charge is 0.341 e. The van der Waals surface area contributed by atoms with E-state index in [1.807, 2.05) is 17.0 Å². The summed E-state index contributed by atoms with van der Waals surface area (Å²) in [6, 6.07) is 8.40. The van der Waals surface area contributed by atoms with Gasteiger partial charge < -0.3 is 10.2 Å². The van der Waals surface area contributed by atoms with Gasteiger partial charge in [-0.05, 0) is 30.0 Å². The molecule has 0 aromatic heterocycles. The molecule has 2 rings (SSSR count). The Morgan fingerprint density at radius 2 is 2.04 bits per heavy atom. The molecule has 1 heterocycles. The SMILES string of the molecule is C=C(C(C)C)[C@H](CN[C@H]1CCN(C(C)=O)C1)c1ccc(Cl)cc1. The van der Waals surface area contributed by atoms with Crippen molar-refractivity contribution in [2.75, 3.05) is 19.6 Å². The number of hydrogen-bond acceptors (Lipinski definition) is 2. The highest BCUT2D eigenvalue weighted by molar-refractivity contribution is 6.30. The average molecular weight is 335 g/mol. The van der Waals surface area contributed by atoms with E-state index in [-0.39, 0.29) is 11.8 Å². The number of rotatable bonds is 6. The van der Waals surface area contributed by atoms with Crippen molar-refractivity contribution in [2.24, 2.45) is 5.92 Å². The Bertz CT molecular complexity index is 553. The van der Waals surface area contributed by atoms with Crippen LogP contribution < -0.4 is 5.32 Å². The molecule has 3 nitrogen and oxygen atoms in total. The van der Waals surface area contributed by atoms with Crippen molar-refractivity contribution in [2.45, 2.75) is 39.2 Å². The minimum atomic E-state index is 0.162. The molecule has 2 atom stereocenters. The molecular formula is C19H27ClN2O. The van der Waals surface area contributed by atoms with E-state index < -0.39 is 0 Å². The second-order valence-corrected chi connectivity index (χ2v) is 7.13. The Hall–Kier alpha value is -1.32. The molecule has 1 aliphatic rings. The highest BCUT2D eigenvalue weighted by Gasteiger charge is 2.25. The van der Waals surface area contributed by atoms with E-state index in [0.29, 0.717) is 12.0 Å². The van der Waals surface area contributed by atoms with Crippen LogP contribution in [0, 0.1) is 5.92 Å². The maximum Gasteiger partial charge on any atom is 0.219 e. The van der Waals surface area contributed by atoms with E-state index in [1.54, 1.807) is 6.92 Å². The van der Waals surface area contributed by atoms with Gasteiger partial charge in [-0.2, -0.15) is 0 Å². The predicted octanol–water partition coefficient (Wildman–Crippen LogP) is 3.85. The van der Waals surface area contributed by atoms with Gasteiger partial charge in [-0.25, -0.2) is 0 Å². The maximum atomic E-state index is 11.5. The molecule has 0 saturated carbocycles. The molecule has 126 valence electrons. The highest BCUT2D eigenvalue weighted by atomic mass is 35.5. The Kier molecular flexibility index (Phi) is 6.25. The lowest BCUT2D eigenvalue weighted by Crippen LogP contribution is -2.37. The summed E-state index contributed by atoms with van der Waals surface area (Å²) < 4.78 is 0. The van der Waals surface area contributed by atoms with Crippen LogP contribution in [0.2, 0.25) is 5.02 Å². The predicted molar refractivity (Wildman–Crippen MR) is 96.8 cm³/mol. The summed E-state index contributed by atoms with van der Waals surface area (Å²) in [7, 11) is 0. The third kappa shape index (κ3) is 4.82. The van der Waals surface area contributed by atoms with Gasteiger partial charge in [0, 0.05) is 43.5 Å². The molecule has 0 spiro atoms. The zero-order chi connectivity index (χ0) is 17.0. The van der Waals surface area contributed by atoms with Crippen LogP contribution in [0.5, 0.6) is 0 Å². The van der Waals surface area contributed by atoms with Crippen molar-refractivity contribution in [3.8, 4) is 0 Å². The highest BCUT2D eigenvalue weighted by Crippen LogP contribution is 2.29. The monoisotopic (exact) mass is 334 g/mol. The lowest BCUT2D eigenvalue weighted by Gasteiger charge is -2.25. The standard InChI is InChI=1S/C19H27ClN2O/c1-13(2)14(3)19(16-5-7-17(20)8-6-16)11-21-18-9-10-22(12-18)15(4)23/h5-8,13,18-19,21H,3,9-12H2,1-2,4H3/t18-,19-/m0/s1. The summed E-state index contributed by atoms with van der Waals surface area (Å²) in [6.07, 6.45) is 1.01. The van der Waals surface area contributed by atoms with Crippen LogP contribution >= 0.6 is 11.6 Å². The molecule has 1 aromatic rings. The quantitative estimate of drug-likeness (QED) is 0.801. The molecule has 1 amide bonds. The van der Waals surface area contributed by atoms with Gasteiger partial charge in [-0.15, -0.1) is 0 Å². The molecule has 0 aliphatic carbocycles. The molecule has 0 unspecified atom stereocenters. The number of likely N-dealkylation sites (tertiary alicyclic amines) is 1. The fourth-order valence-electron chi connectivity index (χ4n) is 3.06. The number of nitrogens with one attached hydrogen (secondary N) is 1. The van der Waals surface area contributed by atoms with Crippen LogP contribution in [0.3, 0.4) is 0 Å². The molecule has 1 aromatic carbocycles. The topological polar surface area (TPSA) is 32.3 Å². The fraction of sp³-hybridized carbons (Fsp3) is 0.526. The summed E-state index contributed by atoms with van der Waals surface area (Å²) in [5.74, 6) is 0.851. The first-order valence-electron chi connectivity index (χ1n) is 8.31. The summed E-state index contributed by atoms with van der Waals surface area (Å²) in [6.45, 7) is 12.8. The summed E-state index contributed by atoms with van der Waals surface area (Å²) in [5, 5.41) is 4.38. The van der Waals surface area contributed by atoms with Crippen LogP contribution in [0.1, 0.15) is 38.7 Å². The molecule has 1 fully saturated rings. The van der Waals surface area contributed by atoms with E-state index in [9.17, 15) is 4.79 Å². The molecule has 0 radical (unpaired) electrons. The number of amides is 1. The fourth-order valence-corrected chi connectivity index (χ4v) is 3.18. The first kappa shape index (κ1) is 18.0. The van der Waals surface area contributed by atoms with Gasteiger partial charge in [-0.1, -0.05) is 49.7 Å². The molecule has 1 N–H and O–H groups in total. The van der Waals surface area contributed by atoms with Gasteiger partial charge in [0.2, 0.25) is 5.91 Å². The van der Waals surface area contributed by atoms with Gasteiger partial charge in [0.1, 0.15) is 0 Å². The second-order valence-electron chi connectivity index (χ2n) is 6.69. The number of hydrogen-bond donors (Lipinski definition) is 1. The number of nitrogens with zero attached hydrogens (tertiary/aromatic N) is 1. The van der Waals surface area contributed by atoms with Crippen molar-refractivity contribution in [3.05, 3.63) is 47.0 Å². The number of carbonyl (C=O) groups excluding carboxylic acids is 1. The first-order chi connectivity index (χ1) is 10.9. The lowest BCUT2D eigenvalue weighted by molar-refractivity contribution is -0.127. The number of carbonyl (C=O) groups is 1. The Labute approximate surface area is 144 Å². The number of halogens is 1. The Morgan fingerprint density at radius 3 is 2.57 bits per heavy atom. The van der Waals surface area contributed by atoms with Gasteiger partial charge in [0.15, 0.2) is 0 Å². The summed E-state index contributed by atoms with van der Waals surface area (Å²) >= 11 is 6.01. The third-order valence-electron chi connectivity index (χ3n) is 4.71. The van der Waals surface area contributed by atoms with Crippen molar-refractivity contribution in [3.63, 3.8) is 0 Å². The van der Waals surface area contributed by atoms with Gasteiger partial charge in [-0.3, -0.25) is 4.79 Å². The van der Waals surface area contributed by atoms with Crippen molar-refractivity contribution in [1.29, 1.82) is 0 Å². The van der Waals surface area contributed by atoms with Crippen LogP contribution in [0.25, 0.3) is 0 Å². The van der Waals surface area contributed by atoms with E-state index in [1.165, 1.54) is 11.1 Å².